The van der Waals surface area contributed by atoms with Gasteiger partial charge in [-0.2, -0.15) is 0 Å². The molecule has 4 fully saturated rings. The van der Waals surface area contributed by atoms with Crippen LogP contribution in [-0.4, -0.2) is 11.2 Å². The van der Waals surface area contributed by atoms with Crippen LogP contribution in [0.5, 0.6) is 0 Å². The zero-order valence-corrected chi connectivity index (χ0v) is 16.2. The first-order chi connectivity index (χ1) is 10.5. The fourth-order valence-corrected chi connectivity index (χ4v) is 8.13. The first kappa shape index (κ1) is 18.1. The lowest BCUT2D eigenvalue weighted by Crippen LogP contribution is -2.53. The van der Waals surface area contributed by atoms with Crippen LogP contribution in [0.3, 0.4) is 0 Å². The maximum Gasteiger partial charge on any atom is 0.0545 e. The van der Waals surface area contributed by atoms with Gasteiger partial charge in [-0.15, -0.1) is 12.4 Å². The Labute approximate surface area is 149 Å². The quantitative estimate of drug-likeness (QED) is 0.635. The molecule has 4 rings (SSSR count). The number of rotatable bonds is 1. The Morgan fingerprint density at radius 2 is 1.57 bits per heavy atom. The smallest absolute Gasteiger partial charge is 0.0545 e. The second-order valence-electron chi connectivity index (χ2n) is 9.87. The number of aliphatic hydroxyl groups excluding tert-OH is 1. The molecular weight excluding hydrogens is 304 g/mol. The van der Waals surface area contributed by atoms with Crippen molar-refractivity contribution in [2.75, 3.05) is 0 Å². The van der Waals surface area contributed by atoms with Gasteiger partial charge in [-0.1, -0.05) is 26.7 Å². The highest BCUT2D eigenvalue weighted by atomic mass is 35.5. The van der Waals surface area contributed by atoms with Gasteiger partial charge in [0.25, 0.3) is 0 Å². The van der Waals surface area contributed by atoms with Crippen molar-refractivity contribution in [1.29, 1.82) is 0 Å². The summed E-state index contributed by atoms with van der Waals surface area (Å²) in [6, 6.07) is 0. The molecular formula is C21H37ClO. The van der Waals surface area contributed by atoms with Crippen LogP contribution in [0, 0.1) is 40.4 Å². The molecule has 0 heterocycles. The molecule has 0 aromatic carbocycles. The van der Waals surface area contributed by atoms with E-state index in [2.05, 4.69) is 13.8 Å². The van der Waals surface area contributed by atoms with E-state index in [0.717, 1.165) is 23.7 Å². The molecule has 0 saturated heterocycles. The molecule has 4 aliphatic carbocycles. The minimum Gasteiger partial charge on any atom is -0.393 e. The molecule has 1 unspecified atom stereocenters. The van der Waals surface area contributed by atoms with Crippen LogP contribution in [0.1, 0.15) is 85.0 Å². The Kier molecular flexibility index (Phi) is 4.87. The fourth-order valence-electron chi connectivity index (χ4n) is 8.13. The van der Waals surface area contributed by atoms with Crippen LogP contribution in [0.15, 0.2) is 0 Å². The molecule has 0 bridgehead atoms. The second-order valence-corrected chi connectivity index (χ2v) is 9.87. The summed E-state index contributed by atoms with van der Waals surface area (Å²) in [5.41, 5.74) is 1.10. The van der Waals surface area contributed by atoms with Crippen LogP contribution in [0.25, 0.3) is 0 Å². The molecule has 2 heteroatoms. The van der Waals surface area contributed by atoms with Gasteiger partial charge < -0.3 is 5.11 Å². The molecule has 0 spiro atoms. The van der Waals surface area contributed by atoms with E-state index in [-0.39, 0.29) is 18.5 Å². The maximum absolute atomic E-state index is 10.3. The highest BCUT2D eigenvalue weighted by Crippen LogP contribution is 2.67. The molecule has 0 amide bonds. The zero-order chi connectivity index (χ0) is 15.5. The Morgan fingerprint density at radius 1 is 0.826 bits per heavy atom. The van der Waals surface area contributed by atoms with E-state index in [4.69, 9.17) is 0 Å². The first-order valence-electron chi connectivity index (χ1n) is 10.1. The third-order valence-corrected chi connectivity index (χ3v) is 9.24. The number of fused-ring (bicyclic) bond motifs is 5. The van der Waals surface area contributed by atoms with Crippen LogP contribution < -0.4 is 0 Å². The standard InChI is InChI=1S/C21H36O.ClH/c1-14(22)17-9-10-18-16-8-7-15-6-4-5-12-20(15,2)19(16)11-13-21(17,18)3;/h14-19,22H,4-13H2,1-3H3;1H/t14?,15-,16+,17-,18+,19+,20+,21-;/m1./s1. The van der Waals surface area contributed by atoms with Crippen LogP contribution in [-0.2, 0) is 0 Å². The van der Waals surface area contributed by atoms with Gasteiger partial charge in [-0.3, -0.25) is 0 Å². The van der Waals surface area contributed by atoms with Crippen molar-refractivity contribution in [3.63, 3.8) is 0 Å². The SMILES string of the molecule is CC(O)[C@H]1CC[C@H]2[C@@H]3CC[C@H]4CCCC[C@]4(C)[C@H]3CC[C@]12C.Cl. The van der Waals surface area contributed by atoms with E-state index in [1.54, 1.807) is 0 Å². The predicted octanol–water partition coefficient (Wildman–Crippen LogP) is 5.84. The van der Waals surface area contributed by atoms with Crippen LogP contribution in [0.4, 0.5) is 0 Å². The molecule has 8 atom stereocenters. The van der Waals surface area contributed by atoms with Gasteiger partial charge in [-0.25, -0.2) is 0 Å². The van der Waals surface area contributed by atoms with Crippen molar-refractivity contribution in [2.24, 2.45) is 40.4 Å². The minimum absolute atomic E-state index is 0. The van der Waals surface area contributed by atoms with Gasteiger partial charge in [0.15, 0.2) is 0 Å². The lowest BCUT2D eigenvalue weighted by molar-refractivity contribution is -0.118. The average Bonchev–Trinajstić information content (AvgIpc) is 2.84. The molecule has 0 aliphatic heterocycles. The third kappa shape index (κ3) is 2.51. The summed E-state index contributed by atoms with van der Waals surface area (Å²) in [5, 5.41) is 10.3. The van der Waals surface area contributed by atoms with Crippen molar-refractivity contribution < 1.29 is 5.11 Å². The van der Waals surface area contributed by atoms with Crippen molar-refractivity contribution in [3.05, 3.63) is 0 Å². The summed E-state index contributed by atoms with van der Waals surface area (Å²) in [6.07, 6.45) is 14.4. The van der Waals surface area contributed by atoms with Gasteiger partial charge >= 0.3 is 0 Å². The van der Waals surface area contributed by atoms with Gasteiger partial charge in [0, 0.05) is 0 Å². The molecule has 134 valence electrons. The zero-order valence-electron chi connectivity index (χ0n) is 15.4. The third-order valence-electron chi connectivity index (χ3n) is 9.24. The Bertz CT molecular complexity index is 436. The van der Waals surface area contributed by atoms with Crippen molar-refractivity contribution >= 4 is 12.4 Å². The minimum atomic E-state index is -0.104. The fraction of sp³-hybridized carbons (Fsp3) is 1.00. The van der Waals surface area contributed by atoms with Gasteiger partial charge in [0.2, 0.25) is 0 Å². The Morgan fingerprint density at radius 3 is 2.30 bits per heavy atom. The average molecular weight is 341 g/mol. The number of hydrogen-bond donors (Lipinski definition) is 1. The summed E-state index contributed by atoms with van der Waals surface area (Å²) in [4.78, 5) is 0. The summed E-state index contributed by atoms with van der Waals surface area (Å²) in [5.74, 6) is 4.47. The molecule has 1 N–H and O–H groups in total. The Hall–Kier alpha value is 0.250. The number of aliphatic hydroxyl groups is 1. The highest BCUT2D eigenvalue weighted by Gasteiger charge is 2.60. The molecule has 4 saturated carbocycles. The lowest BCUT2D eigenvalue weighted by atomic mass is 9.45. The molecule has 4 aliphatic rings. The molecule has 0 aromatic heterocycles. The first-order valence-corrected chi connectivity index (χ1v) is 10.1. The van der Waals surface area contributed by atoms with Gasteiger partial charge in [0.1, 0.15) is 0 Å². The summed E-state index contributed by atoms with van der Waals surface area (Å²) in [7, 11) is 0. The summed E-state index contributed by atoms with van der Waals surface area (Å²) >= 11 is 0. The van der Waals surface area contributed by atoms with Crippen molar-refractivity contribution in [2.45, 2.75) is 91.1 Å². The van der Waals surface area contributed by atoms with E-state index in [1.165, 1.54) is 64.2 Å². The monoisotopic (exact) mass is 340 g/mol. The molecule has 0 aromatic rings. The highest BCUT2D eigenvalue weighted by molar-refractivity contribution is 5.85. The van der Waals surface area contributed by atoms with Crippen molar-refractivity contribution in [3.8, 4) is 0 Å². The van der Waals surface area contributed by atoms with E-state index in [9.17, 15) is 5.11 Å². The molecule has 0 radical (unpaired) electrons. The topological polar surface area (TPSA) is 20.2 Å². The number of hydrogen-bond acceptors (Lipinski definition) is 1. The van der Waals surface area contributed by atoms with E-state index in [0.29, 0.717) is 16.7 Å². The number of halogens is 1. The molecule has 1 nitrogen and oxygen atoms in total. The largest absolute Gasteiger partial charge is 0.393 e. The maximum atomic E-state index is 10.3. The van der Waals surface area contributed by atoms with Gasteiger partial charge in [-0.05, 0) is 98.7 Å². The normalized spacial score (nSPS) is 53.5. The van der Waals surface area contributed by atoms with Gasteiger partial charge in [0.05, 0.1) is 6.10 Å². The lowest BCUT2D eigenvalue weighted by Gasteiger charge is -2.60. The van der Waals surface area contributed by atoms with Crippen LogP contribution in [0.2, 0.25) is 0 Å². The van der Waals surface area contributed by atoms with E-state index in [1.807, 2.05) is 6.92 Å². The van der Waals surface area contributed by atoms with Crippen LogP contribution >= 0.6 is 12.4 Å². The predicted molar refractivity (Wildman–Crippen MR) is 98.8 cm³/mol. The summed E-state index contributed by atoms with van der Waals surface area (Å²) in [6.45, 7) is 7.24. The molecule has 23 heavy (non-hydrogen) atoms. The Balaban J connectivity index is 0.00000156. The van der Waals surface area contributed by atoms with Crippen molar-refractivity contribution in [1.82, 2.24) is 0 Å². The second kappa shape index (κ2) is 6.20. The van der Waals surface area contributed by atoms with E-state index < -0.39 is 0 Å². The van der Waals surface area contributed by atoms with E-state index >= 15 is 0 Å². The summed E-state index contributed by atoms with van der Waals surface area (Å²) < 4.78 is 0.